The molecule has 4 rings (SSSR count). The second-order valence-electron chi connectivity index (χ2n) is 7.42. The number of halogens is 3. The third-order valence-corrected chi connectivity index (χ3v) is 7.22. The normalized spacial score (nSPS) is 27.8. The zero-order valence-electron chi connectivity index (χ0n) is 17.3. The Bertz CT molecular complexity index is 1150. The molecular formula is C19H19F2IN3O8P. The summed E-state index contributed by atoms with van der Waals surface area (Å²) in [5.74, 6) is -4.44. The predicted molar refractivity (Wildman–Crippen MR) is 119 cm³/mol. The monoisotopic (exact) mass is 613 g/mol. The van der Waals surface area contributed by atoms with Gasteiger partial charge in [0.2, 0.25) is 6.23 Å². The lowest BCUT2D eigenvalue weighted by Gasteiger charge is -2.23. The number of hydrogen-bond donors (Lipinski definition) is 2. The smallest absolute Gasteiger partial charge is 0.459 e. The van der Waals surface area contributed by atoms with Gasteiger partial charge in [-0.2, -0.15) is 18.9 Å². The van der Waals surface area contributed by atoms with E-state index in [1.165, 1.54) is 18.2 Å². The fourth-order valence-electron chi connectivity index (χ4n) is 3.36. The van der Waals surface area contributed by atoms with E-state index in [2.05, 4.69) is 10.1 Å². The number of alkyl halides is 2. The topological polar surface area (TPSA) is 138 Å². The first-order valence-corrected chi connectivity index (χ1v) is 12.6. The Morgan fingerprint density at radius 2 is 2.03 bits per heavy atom. The van der Waals surface area contributed by atoms with Crippen LogP contribution in [0.3, 0.4) is 0 Å². The number of aliphatic hydroxyl groups excluding tert-OH is 1. The maximum Gasteiger partial charge on any atom is 0.459 e. The minimum absolute atomic E-state index is 0.0962. The standard InChI is InChI=1S/C19H19F2IN3O8P/c20-19(21)15(26)13(32-17(19)25-8-6-14(22)23-18(25)28)10-31-34(29,24-12-7-9-30-16(12)27)33-11-4-2-1-3-5-11/h1-6,8,12-13,15,17,26H,7,9-10H2,(H,24,29)/t12-,13?,15+,17?,34?/m0/s1. The van der Waals surface area contributed by atoms with Crippen LogP contribution >= 0.6 is 30.3 Å². The number of rotatable bonds is 8. The van der Waals surface area contributed by atoms with Gasteiger partial charge in [-0.05, 0) is 40.8 Å². The van der Waals surface area contributed by atoms with Crippen LogP contribution in [0.5, 0.6) is 5.75 Å². The van der Waals surface area contributed by atoms with Crippen LogP contribution in [0.15, 0.2) is 47.4 Å². The van der Waals surface area contributed by atoms with Crippen molar-refractivity contribution in [3.05, 3.63) is 56.8 Å². The van der Waals surface area contributed by atoms with Crippen LogP contribution < -0.4 is 15.3 Å². The van der Waals surface area contributed by atoms with Crippen molar-refractivity contribution in [2.45, 2.75) is 36.8 Å². The van der Waals surface area contributed by atoms with Gasteiger partial charge >= 0.3 is 25.3 Å². The van der Waals surface area contributed by atoms with Crippen LogP contribution in [-0.4, -0.2) is 58.0 Å². The first kappa shape index (κ1) is 25.1. The molecule has 3 heterocycles. The summed E-state index contributed by atoms with van der Waals surface area (Å²) < 4.78 is 64.6. The summed E-state index contributed by atoms with van der Waals surface area (Å²) in [6.45, 7) is -0.711. The van der Waals surface area contributed by atoms with Gasteiger partial charge in [-0.25, -0.2) is 9.36 Å². The maximum absolute atomic E-state index is 14.8. The van der Waals surface area contributed by atoms with Gasteiger partial charge in [0.1, 0.15) is 21.6 Å². The second kappa shape index (κ2) is 9.95. The summed E-state index contributed by atoms with van der Waals surface area (Å²) in [7, 11) is -4.33. The predicted octanol–water partition coefficient (Wildman–Crippen LogP) is 1.85. The van der Waals surface area contributed by atoms with Gasteiger partial charge in [0.15, 0.2) is 6.10 Å². The van der Waals surface area contributed by atoms with E-state index in [0.717, 1.165) is 6.20 Å². The highest BCUT2D eigenvalue weighted by atomic mass is 127. The third-order valence-electron chi connectivity index (χ3n) is 5.05. The lowest BCUT2D eigenvalue weighted by Crippen LogP contribution is -2.42. The maximum atomic E-state index is 14.8. The zero-order valence-corrected chi connectivity index (χ0v) is 20.3. The van der Waals surface area contributed by atoms with E-state index < -0.39 is 56.4 Å². The molecule has 15 heteroatoms. The number of nitrogens with zero attached hydrogens (tertiary/aromatic N) is 2. The Hall–Kier alpha value is -1.97. The number of esters is 1. The highest BCUT2D eigenvalue weighted by molar-refractivity contribution is 14.1. The zero-order chi connectivity index (χ0) is 24.5. The number of para-hydroxylation sites is 1. The molecule has 0 aliphatic carbocycles. The van der Waals surface area contributed by atoms with Gasteiger partial charge < -0.3 is 19.1 Å². The van der Waals surface area contributed by atoms with Crippen molar-refractivity contribution >= 4 is 36.3 Å². The molecule has 2 saturated heterocycles. The molecule has 2 aromatic rings. The number of cyclic esters (lactones) is 1. The second-order valence-corrected chi connectivity index (χ2v) is 10.2. The summed E-state index contributed by atoms with van der Waals surface area (Å²) in [6.07, 6.45) is -4.99. The molecule has 184 valence electrons. The summed E-state index contributed by atoms with van der Waals surface area (Å²) in [5.41, 5.74) is -0.996. The fraction of sp³-hybridized carbons (Fsp3) is 0.421. The fourth-order valence-corrected chi connectivity index (χ4v) is 5.27. The quantitative estimate of drug-likeness (QED) is 0.197. The van der Waals surface area contributed by atoms with E-state index in [-0.39, 0.29) is 22.5 Å². The minimum atomic E-state index is -4.33. The Balaban J connectivity index is 1.52. The average Bonchev–Trinajstić information content (AvgIpc) is 3.28. The van der Waals surface area contributed by atoms with Crippen LogP contribution in [0.4, 0.5) is 8.78 Å². The summed E-state index contributed by atoms with van der Waals surface area (Å²) in [6, 6.07) is 8.17. The lowest BCUT2D eigenvalue weighted by molar-refractivity contribution is -0.141. The molecule has 2 aliphatic rings. The van der Waals surface area contributed by atoms with Gasteiger partial charge in [0.25, 0.3) is 0 Å². The number of benzene rings is 1. The Labute approximate surface area is 205 Å². The SMILES string of the molecule is O=C1OCC[C@@H]1NP(=O)(OCC1OC(n2ccc(I)nc2=O)C(F)(F)[C@@H]1O)Oc1ccccc1. The van der Waals surface area contributed by atoms with E-state index in [9.17, 15) is 28.0 Å². The molecule has 34 heavy (non-hydrogen) atoms. The van der Waals surface area contributed by atoms with Crippen LogP contribution in [0.25, 0.3) is 0 Å². The molecule has 0 spiro atoms. The number of aliphatic hydroxyl groups is 1. The van der Waals surface area contributed by atoms with Crippen molar-refractivity contribution < 1.29 is 41.8 Å². The van der Waals surface area contributed by atoms with Crippen LogP contribution in [0.1, 0.15) is 12.6 Å². The average molecular weight is 613 g/mol. The van der Waals surface area contributed by atoms with Crippen molar-refractivity contribution in [2.24, 2.45) is 0 Å². The van der Waals surface area contributed by atoms with E-state index in [1.807, 2.05) is 0 Å². The molecule has 2 N–H and O–H groups in total. The van der Waals surface area contributed by atoms with Crippen molar-refractivity contribution in [2.75, 3.05) is 13.2 Å². The number of carbonyl (C=O) groups is 1. The molecule has 0 saturated carbocycles. The third kappa shape index (κ3) is 5.31. The summed E-state index contributed by atoms with van der Waals surface area (Å²) >= 11 is 1.75. The molecule has 0 bridgehead atoms. The highest BCUT2D eigenvalue weighted by Gasteiger charge is 2.60. The van der Waals surface area contributed by atoms with Crippen LogP contribution in [0.2, 0.25) is 0 Å². The van der Waals surface area contributed by atoms with Gasteiger partial charge in [-0.1, -0.05) is 18.2 Å². The van der Waals surface area contributed by atoms with Gasteiger partial charge in [0, 0.05) is 12.6 Å². The molecule has 3 unspecified atom stereocenters. The van der Waals surface area contributed by atoms with Gasteiger partial charge in [0.05, 0.1) is 13.2 Å². The van der Waals surface area contributed by atoms with Gasteiger partial charge in [-0.3, -0.25) is 13.9 Å². The Morgan fingerprint density at radius 1 is 1.29 bits per heavy atom. The van der Waals surface area contributed by atoms with Crippen molar-refractivity contribution in [1.29, 1.82) is 0 Å². The molecule has 5 atom stereocenters. The number of ether oxygens (including phenoxy) is 2. The van der Waals surface area contributed by atoms with E-state index >= 15 is 0 Å². The number of nitrogens with one attached hydrogen (secondary N) is 1. The number of aromatic nitrogens is 2. The van der Waals surface area contributed by atoms with E-state index in [0.29, 0.717) is 4.57 Å². The molecule has 11 nitrogen and oxygen atoms in total. The molecule has 2 fully saturated rings. The largest absolute Gasteiger partial charge is 0.464 e. The van der Waals surface area contributed by atoms with Crippen molar-refractivity contribution in [3.63, 3.8) is 0 Å². The molecule has 0 radical (unpaired) electrons. The molecule has 2 aliphatic heterocycles. The van der Waals surface area contributed by atoms with Crippen molar-refractivity contribution in [1.82, 2.24) is 14.6 Å². The Morgan fingerprint density at radius 3 is 2.68 bits per heavy atom. The first-order chi connectivity index (χ1) is 16.1. The van der Waals surface area contributed by atoms with Crippen molar-refractivity contribution in [3.8, 4) is 5.75 Å². The van der Waals surface area contributed by atoms with Crippen LogP contribution in [-0.2, 0) is 23.4 Å². The molecule has 1 aromatic carbocycles. The Kier molecular flexibility index (Phi) is 7.36. The van der Waals surface area contributed by atoms with Crippen LogP contribution in [0, 0.1) is 3.70 Å². The number of hydrogen-bond acceptors (Lipinski definition) is 9. The first-order valence-electron chi connectivity index (χ1n) is 9.99. The van der Waals surface area contributed by atoms with E-state index in [1.54, 1.807) is 40.8 Å². The molecule has 0 amide bonds. The van der Waals surface area contributed by atoms with E-state index in [4.69, 9.17) is 18.5 Å². The van der Waals surface area contributed by atoms with Gasteiger partial charge in [-0.15, -0.1) is 0 Å². The summed E-state index contributed by atoms with van der Waals surface area (Å²) in [5, 5.41) is 12.6. The minimum Gasteiger partial charge on any atom is -0.464 e. The molecular weight excluding hydrogens is 594 g/mol. The number of carbonyl (C=O) groups excluding carboxylic acids is 1. The lowest BCUT2D eigenvalue weighted by atomic mass is 10.1. The summed E-state index contributed by atoms with van der Waals surface area (Å²) in [4.78, 5) is 27.5. The highest BCUT2D eigenvalue weighted by Crippen LogP contribution is 2.48. The molecule has 1 aromatic heterocycles.